The van der Waals surface area contributed by atoms with Gasteiger partial charge in [0.25, 0.3) is 0 Å². The third-order valence-electron chi connectivity index (χ3n) is 12.7. The zero-order valence-corrected chi connectivity index (χ0v) is 40.2. The number of phenolic OH excluding ortho intramolecular Hbond substituents is 5. The lowest BCUT2D eigenvalue weighted by Gasteiger charge is -2.26. The molecule has 0 radical (unpaired) electrons. The summed E-state index contributed by atoms with van der Waals surface area (Å²) in [7, 11) is 0. The minimum absolute atomic E-state index is 0.0973. The Morgan fingerprint density at radius 2 is 0.419 bits per heavy atom. The minimum atomic E-state index is -0.270. The molecule has 5 N–H and O–H groups in total. The SMILES string of the molecule is CC(C)(C)c1cc2c(O)c(c1)Cc1cc(C(C)(C)C)cc(c1O)Cc1cc(C(C)(C)C)cc(c1O)Cc1cc(C(C)(C)C)cc(c1O)Cc1cc(C(C)(C)C)cc(c1O)COC2. The second-order valence-electron chi connectivity index (χ2n) is 23.2. The fourth-order valence-corrected chi connectivity index (χ4v) is 8.35. The van der Waals surface area contributed by atoms with E-state index in [0.29, 0.717) is 55.6 Å². The first-order chi connectivity index (χ1) is 28.4. The van der Waals surface area contributed by atoms with Crippen LogP contribution in [0.2, 0.25) is 0 Å². The van der Waals surface area contributed by atoms with Crippen molar-refractivity contribution in [1.29, 1.82) is 0 Å². The molecule has 6 heteroatoms. The summed E-state index contributed by atoms with van der Waals surface area (Å²) in [6.07, 6.45) is 1.08. The maximum Gasteiger partial charge on any atom is 0.124 e. The van der Waals surface area contributed by atoms with Crippen LogP contribution in [0.4, 0.5) is 0 Å². The third kappa shape index (κ3) is 9.97. The molecule has 0 amide bonds. The highest BCUT2D eigenvalue weighted by Crippen LogP contribution is 2.43. The van der Waals surface area contributed by atoms with Crippen molar-refractivity contribution in [1.82, 2.24) is 0 Å². The molecule has 0 fully saturated rings. The van der Waals surface area contributed by atoms with Crippen LogP contribution in [0.15, 0.2) is 60.7 Å². The van der Waals surface area contributed by atoms with Gasteiger partial charge in [-0.15, -0.1) is 0 Å². The van der Waals surface area contributed by atoms with E-state index in [1.165, 1.54) is 0 Å². The van der Waals surface area contributed by atoms with Gasteiger partial charge in [0.1, 0.15) is 28.7 Å². The highest BCUT2D eigenvalue weighted by molar-refractivity contribution is 5.58. The third-order valence-corrected chi connectivity index (χ3v) is 12.7. The zero-order valence-electron chi connectivity index (χ0n) is 40.2. The van der Waals surface area contributed by atoms with Gasteiger partial charge in [-0.05, 0) is 112 Å². The Kier molecular flexibility index (Phi) is 12.3. The molecular formula is C56H72O6. The molecule has 6 nitrogen and oxygen atoms in total. The number of rotatable bonds is 0. The van der Waals surface area contributed by atoms with Crippen LogP contribution in [0.1, 0.15) is 187 Å². The molecule has 0 atom stereocenters. The Balaban J connectivity index is 1.66. The summed E-state index contributed by atoms with van der Waals surface area (Å²) in [6.45, 7) is 32.4. The maximum absolute atomic E-state index is 12.3. The van der Waals surface area contributed by atoms with Crippen molar-refractivity contribution in [2.45, 2.75) is 170 Å². The molecule has 5 aromatic carbocycles. The first kappa shape index (κ1) is 46.6. The van der Waals surface area contributed by atoms with Gasteiger partial charge < -0.3 is 30.3 Å². The fraction of sp³-hybridized carbons (Fsp3) is 0.464. The number of fused-ring (bicyclic) bond motifs is 10. The van der Waals surface area contributed by atoms with Crippen molar-refractivity contribution < 1.29 is 30.3 Å². The molecule has 0 saturated heterocycles. The van der Waals surface area contributed by atoms with Gasteiger partial charge in [0.15, 0.2) is 0 Å². The number of aromatic hydroxyl groups is 5. The van der Waals surface area contributed by atoms with Crippen LogP contribution >= 0.6 is 0 Å². The predicted molar refractivity (Wildman–Crippen MR) is 254 cm³/mol. The Hall–Kier alpha value is -4.94. The molecule has 332 valence electrons. The average Bonchev–Trinajstić information content (AvgIpc) is 3.12. The van der Waals surface area contributed by atoms with Crippen LogP contribution in [-0.2, 0) is 70.7 Å². The summed E-state index contributed by atoms with van der Waals surface area (Å²) in [4.78, 5) is 0. The quantitative estimate of drug-likeness (QED) is 0.106. The van der Waals surface area contributed by atoms with E-state index >= 15 is 0 Å². The molecule has 62 heavy (non-hydrogen) atoms. The molecule has 1 aliphatic heterocycles. The van der Waals surface area contributed by atoms with Gasteiger partial charge in [-0.2, -0.15) is 0 Å². The highest BCUT2D eigenvalue weighted by atomic mass is 16.5. The van der Waals surface area contributed by atoms with E-state index in [1.807, 2.05) is 60.7 Å². The first-order valence-corrected chi connectivity index (χ1v) is 22.3. The summed E-state index contributed by atoms with van der Waals surface area (Å²) in [6, 6.07) is 20.3. The highest BCUT2D eigenvalue weighted by Gasteiger charge is 2.28. The lowest BCUT2D eigenvalue weighted by molar-refractivity contribution is 0.103. The molecular weight excluding hydrogens is 769 g/mol. The number of phenols is 5. The molecule has 6 rings (SSSR count). The number of hydrogen-bond acceptors (Lipinski definition) is 6. The summed E-state index contributed by atoms with van der Waals surface area (Å²) in [5.74, 6) is 0.614. The van der Waals surface area contributed by atoms with Crippen LogP contribution in [0.5, 0.6) is 28.7 Å². The molecule has 10 bridgehead atoms. The van der Waals surface area contributed by atoms with E-state index in [2.05, 4.69) is 104 Å². The first-order valence-electron chi connectivity index (χ1n) is 22.3. The second-order valence-corrected chi connectivity index (χ2v) is 23.2. The fourth-order valence-electron chi connectivity index (χ4n) is 8.35. The van der Waals surface area contributed by atoms with Gasteiger partial charge in [0.2, 0.25) is 0 Å². The van der Waals surface area contributed by atoms with E-state index in [4.69, 9.17) is 4.74 Å². The zero-order chi connectivity index (χ0) is 46.1. The summed E-state index contributed by atoms with van der Waals surface area (Å²) in [5.41, 5.74) is 10.6. The van der Waals surface area contributed by atoms with Crippen LogP contribution in [0.3, 0.4) is 0 Å². The van der Waals surface area contributed by atoms with Gasteiger partial charge in [-0.3, -0.25) is 0 Å². The Morgan fingerprint density at radius 3 is 0.581 bits per heavy atom. The second kappa shape index (κ2) is 16.3. The molecule has 5 aromatic rings. The van der Waals surface area contributed by atoms with Crippen molar-refractivity contribution in [3.8, 4) is 28.7 Å². The van der Waals surface area contributed by atoms with E-state index in [1.54, 1.807) is 0 Å². The van der Waals surface area contributed by atoms with Crippen molar-refractivity contribution in [3.63, 3.8) is 0 Å². The van der Waals surface area contributed by atoms with Gasteiger partial charge in [-0.25, -0.2) is 0 Å². The lowest BCUT2D eigenvalue weighted by atomic mass is 9.80. The summed E-state index contributed by atoms with van der Waals surface area (Å²) < 4.78 is 6.41. The normalized spacial score (nSPS) is 14.6. The molecule has 0 spiro atoms. The molecule has 0 unspecified atom stereocenters. The predicted octanol–water partition coefficient (Wildman–Crippen LogP) is 13.1. The molecule has 0 aromatic heterocycles. The van der Waals surface area contributed by atoms with Crippen molar-refractivity contribution >= 4 is 0 Å². The van der Waals surface area contributed by atoms with Crippen molar-refractivity contribution in [3.05, 3.63) is 144 Å². The van der Waals surface area contributed by atoms with Gasteiger partial charge in [-0.1, -0.05) is 152 Å². The smallest absolute Gasteiger partial charge is 0.124 e. The molecule has 0 aliphatic carbocycles. The Morgan fingerprint density at radius 1 is 0.274 bits per heavy atom. The summed E-state index contributed by atoms with van der Waals surface area (Å²) in [5, 5.41) is 60.7. The minimum Gasteiger partial charge on any atom is -0.507 e. The molecule has 1 heterocycles. The lowest BCUT2D eigenvalue weighted by Crippen LogP contribution is -2.15. The van der Waals surface area contributed by atoms with Crippen molar-refractivity contribution in [2.75, 3.05) is 0 Å². The number of hydrogen-bond donors (Lipinski definition) is 5. The Labute approximate surface area is 371 Å². The van der Waals surface area contributed by atoms with Crippen molar-refractivity contribution in [2.24, 2.45) is 0 Å². The van der Waals surface area contributed by atoms with E-state index in [0.717, 1.165) is 27.8 Å². The van der Waals surface area contributed by atoms with Crippen LogP contribution in [0, 0.1) is 0 Å². The molecule has 1 aliphatic rings. The summed E-state index contributed by atoms with van der Waals surface area (Å²) >= 11 is 0. The number of benzene rings is 5. The standard InChI is InChI=1S/C56H72O6/c1-52(2,3)42-20-32-16-34-22-43(53(4,5)6)24-36(48(34)58)18-38-26-45(55(10,11)12)28-40(50(38)60)30-62-31-41-29-46(56(13,14)15)27-39(51(41)61)19-37-25-44(54(7,8)9)23-35(49(37)59)17-33(21-42)47(32)57/h20-29,57-61H,16-19,30-31H2,1-15H3. The van der Waals surface area contributed by atoms with Gasteiger partial charge >= 0.3 is 0 Å². The largest absolute Gasteiger partial charge is 0.507 e. The van der Waals surface area contributed by atoms with Crippen LogP contribution < -0.4 is 0 Å². The average molecular weight is 841 g/mol. The van der Waals surface area contributed by atoms with E-state index < -0.39 is 0 Å². The van der Waals surface area contributed by atoms with Crippen LogP contribution in [0.25, 0.3) is 0 Å². The van der Waals surface area contributed by atoms with E-state index in [9.17, 15) is 25.5 Å². The van der Waals surface area contributed by atoms with Gasteiger partial charge in [0, 0.05) is 36.8 Å². The van der Waals surface area contributed by atoms with E-state index in [-0.39, 0.29) is 94.7 Å². The van der Waals surface area contributed by atoms with Crippen LogP contribution in [-0.4, -0.2) is 25.5 Å². The molecule has 0 saturated carbocycles. The van der Waals surface area contributed by atoms with Gasteiger partial charge in [0.05, 0.1) is 13.2 Å². The number of ether oxygens (including phenoxy) is 1. The Bertz CT molecular complexity index is 2340. The topological polar surface area (TPSA) is 110 Å². The monoisotopic (exact) mass is 841 g/mol. The maximum atomic E-state index is 12.3.